The van der Waals surface area contributed by atoms with Crippen LogP contribution in [0.5, 0.6) is 0 Å². The van der Waals surface area contributed by atoms with E-state index in [4.69, 9.17) is 14.2 Å². The molecule has 9 nitrogen and oxygen atoms in total. The summed E-state index contributed by atoms with van der Waals surface area (Å²) in [5, 5.41) is 0. The average Bonchev–Trinajstić information content (AvgIpc) is 3.07. The van der Waals surface area contributed by atoms with Crippen LogP contribution in [0.4, 0.5) is 0 Å². The van der Waals surface area contributed by atoms with Gasteiger partial charge in [-0.15, -0.1) is 0 Å². The number of hydrogen-bond acceptors (Lipinski definition) is 9. The quantitative estimate of drug-likeness (QED) is 0.131. The molecule has 45 heavy (non-hydrogen) atoms. The second kappa shape index (κ2) is 16.9. The molecule has 1 heterocycles. The summed E-state index contributed by atoms with van der Waals surface area (Å²) in [6.45, 7) is 11.6. The third kappa shape index (κ3) is 8.63. The van der Waals surface area contributed by atoms with E-state index in [-0.39, 0.29) is 39.8 Å². The molecule has 3 aromatic rings. The zero-order valence-corrected chi connectivity index (χ0v) is 25.3. The van der Waals surface area contributed by atoms with E-state index in [1.54, 1.807) is 0 Å². The summed E-state index contributed by atoms with van der Waals surface area (Å²) < 4.78 is 16.7. The Morgan fingerprint density at radius 3 is 0.978 bits per heavy atom. The molecule has 0 bridgehead atoms. The van der Waals surface area contributed by atoms with E-state index in [0.29, 0.717) is 16.7 Å². The minimum Gasteiger partial charge on any atom is -0.460 e. The Morgan fingerprint density at radius 2 is 0.756 bits per heavy atom. The Morgan fingerprint density at radius 1 is 0.511 bits per heavy atom. The number of hydrogen-bond donors (Lipinski definition) is 0. The van der Waals surface area contributed by atoms with E-state index in [1.807, 2.05) is 106 Å². The van der Waals surface area contributed by atoms with Crippen molar-refractivity contribution in [3.63, 3.8) is 0 Å². The molecular weight excluding hydrogens is 570 g/mol. The lowest BCUT2D eigenvalue weighted by Gasteiger charge is -2.48. The van der Waals surface area contributed by atoms with E-state index in [0.717, 1.165) is 0 Å². The first-order valence-corrected chi connectivity index (χ1v) is 14.7. The van der Waals surface area contributed by atoms with Crippen molar-refractivity contribution in [3.8, 4) is 0 Å². The predicted molar refractivity (Wildman–Crippen MR) is 171 cm³/mol. The lowest BCUT2D eigenvalue weighted by molar-refractivity contribution is -0.169. The second-order valence-corrected chi connectivity index (χ2v) is 10.4. The third-order valence-electron chi connectivity index (χ3n) is 7.23. The first-order chi connectivity index (χ1) is 22.0. The van der Waals surface area contributed by atoms with Gasteiger partial charge in [0.25, 0.3) is 0 Å². The number of carbonyl (C=O) groups is 3. The zero-order chi connectivity index (χ0) is 32.0. The van der Waals surface area contributed by atoms with Crippen LogP contribution in [0.3, 0.4) is 0 Å². The molecule has 0 aliphatic carbocycles. The van der Waals surface area contributed by atoms with Gasteiger partial charge < -0.3 is 14.2 Å². The molecule has 3 atom stereocenters. The summed E-state index contributed by atoms with van der Waals surface area (Å²) in [6.07, 6.45) is 4.53. The number of esters is 3. The molecule has 9 heteroatoms. The SMILES string of the molecule is C=CCOC(=O)[C@@H](c1ccccc1)N1CN([C@@H](C(=O)OCC=C)c2ccccc2)CN([C@@H](C(=O)OCC=C)c2ccccc2)C1. The average molecular weight is 610 g/mol. The summed E-state index contributed by atoms with van der Waals surface area (Å²) >= 11 is 0. The van der Waals surface area contributed by atoms with Gasteiger partial charge in [-0.05, 0) is 16.7 Å². The smallest absolute Gasteiger partial charge is 0.328 e. The molecule has 0 unspecified atom stereocenters. The summed E-state index contributed by atoms with van der Waals surface area (Å²) in [6, 6.07) is 25.2. The largest absolute Gasteiger partial charge is 0.460 e. The van der Waals surface area contributed by atoms with Crippen molar-refractivity contribution in [1.82, 2.24) is 14.7 Å². The Kier molecular flexibility index (Phi) is 12.4. The van der Waals surface area contributed by atoms with E-state index in [9.17, 15) is 14.4 Å². The van der Waals surface area contributed by atoms with Crippen molar-refractivity contribution in [3.05, 3.63) is 146 Å². The lowest BCUT2D eigenvalue weighted by Crippen LogP contribution is -2.60. The molecule has 1 aliphatic rings. The molecule has 234 valence electrons. The fraction of sp³-hybridized carbons (Fsp3) is 0.250. The van der Waals surface area contributed by atoms with Gasteiger partial charge in [0.1, 0.15) is 37.9 Å². The molecule has 0 spiro atoms. The Bertz CT molecular complexity index is 1250. The maximum Gasteiger partial charge on any atom is 0.328 e. The fourth-order valence-corrected chi connectivity index (χ4v) is 5.38. The number of rotatable bonds is 15. The minimum atomic E-state index is -0.863. The number of benzene rings is 3. The topological polar surface area (TPSA) is 88.6 Å². The highest BCUT2D eigenvalue weighted by molar-refractivity contribution is 5.80. The lowest BCUT2D eigenvalue weighted by atomic mass is 10.0. The summed E-state index contributed by atoms with van der Waals surface area (Å²) in [5.74, 6) is -1.46. The van der Waals surface area contributed by atoms with Crippen molar-refractivity contribution in [2.75, 3.05) is 39.8 Å². The van der Waals surface area contributed by atoms with Gasteiger partial charge in [-0.2, -0.15) is 0 Å². The highest BCUT2D eigenvalue weighted by Crippen LogP contribution is 2.34. The summed E-state index contributed by atoms with van der Waals surface area (Å²) in [7, 11) is 0. The van der Waals surface area contributed by atoms with Gasteiger partial charge in [0.2, 0.25) is 0 Å². The number of carbonyl (C=O) groups excluding carboxylic acids is 3. The second-order valence-electron chi connectivity index (χ2n) is 10.4. The molecule has 1 aliphatic heterocycles. The van der Waals surface area contributed by atoms with Gasteiger partial charge in [-0.3, -0.25) is 14.7 Å². The van der Waals surface area contributed by atoms with Gasteiger partial charge >= 0.3 is 17.9 Å². The van der Waals surface area contributed by atoms with E-state index >= 15 is 0 Å². The van der Waals surface area contributed by atoms with Crippen LogP contribution in [-0.4, -0.2) is 72.4 Å². The van der Waals surface area contributed by atoms with Crippen LogP contribution in [0, 0.1) is 0 Å². The van der Waals surface area contributed by atoms with Crippen molar-refractivity contribution in [2.45, 2.75) is 18.1 Å². The van der Waals surface area contributed by atoms with Crippen molar-refractivity contribution in [1.29, 1.82) is 0 Å². The molecule has 0 N–H and O–H groups in total. The maximum atomic E-state index is 13.7. The van der Waals surface area contributed by atoms with Crippen molar-refractivity contribution in [2.24, 2.45) is 0 Å². The third-order valence-corrected chi connectivity index (χ3v) is 7.23. The normalized spacial score (nSPS) is 16.0. The van der Waals surface area contributed by atoms with E-state index in [2.05, 4.69) is 19.7 Å². The monoisotopic (exact) mass is 609 g/mol. The van der Waals surface area contributed by atoms with Gasteiger partial charge in [0, 0.05) is 0 Å². The maximum absolute atomic E-state index is 13.7. The molecule has 0 aromatic heterocycles. The molecular formula is C36H39N3O6. The molecule has 0 amide bonds. The van der Waals surface area contributed by atoms with Gasteiger partial charge in [-0.1, -0.05) is 129 Å². The number of ether oxygens (including phenoxy) is 3. The van der Waals surface area contributed by atoms with Gasteiger partial charge in [0.15, 0.2) is 0 Å². The van der Waals surface area contributed by atoms with Crippen LogP contribution < -0.4 is 0 Å². The van der Waals surface area contributed by atoms with E-state index in [1.165, 1.54) is 18.2 Å². The Hall–Kier alpha value is -4.83. The summed E-state index contributed by atoms with van der Waals surface area (Å²) in [5.41, 5.74) is 2.10. The molecule has 3 aromatic carbocycles. The minimum absolute atomic E-state index is 0.0322. The van der Waals surface area contributed by atoms with Gasteiger partial charge in [0.05, 0.1) is 20.0 Å². The molecule has 0 saturated carbocycles. The van der Waals surface area contributed by atoms with Crippen LogP contribution in [0.2, 0.25) is 0 Å². The molecule has 4 rings (SSSR count). The molecule has 1 fully saturated rings. The van der Waals surface area contributed by atoms with E-state index < -0.39 is 36.0 Å². The zero-order valence-electron chi connectivity index (χ0n) is 25.3. The predicted octanol–water partition coefficient (Wildman–Crippen LogP) is 5.19. The van der Waals surface area contributed by atoms with Crippen molar-refractivity contribution < 1.29 is 28.6 Å². The Balaban J connectivity index is 1.84. The van der Waals surface area contributed by atoms with Crippen LogP contribution >= 0.6 is 0 Å². The summed E-state index contributed by atoms with van der Waals surface area (Å²) in [4.78, 5) is 46.7. The standard InChI is InChI=1S/C36H39N3O6/c1-4-22-43-34(40)31(28-16-10-7-11-17-28)37-25-38(32(35(41)44-23-5-2)29-18-12-8-13-19-29)27-39(26-37)33(36(42)45-24-6-3)30-20-14-9-15-21-30/h4-21,31-33H,1-3,22-27H2/t31-,32-,33-/m1/s1. The molecule has 1 saturated heterocycles. The van der Waals surface area contributed by atoms with Crippen LogP contribution in [0.1, 0.15) is 34.8 Å². The first-order valence-electron chi connectivity index (χ1n) is 14.7. The van der Waals surface area contributed by atoms with Gasteiger partial charge in [-0.25, -0.2) is 14.4 Å². The van der Waals surface area contributed by atoms with Crippen LogP contribution in [0.15, 0.2) is 129 Å². The first kappa shape index (κ1) is 33.1. The van der Waals surface area contributed by atoms with Crippen LogP contribution in [0.25, 0.3) is 0 Å². The highest BCUT2D eigenvalue weighted by atomic mass is 16.5. The van der Waals surface area contributed by atoms with Crippen molar-refractivity contribution >= 4 is 17.9 Å². The highest BCUT2D eigenvalue weighted by Gasteiger charge is 2.43. The number of nitrogens with zero attached hydrogens (tertiary/aromatic N) is 3. The molecule has 0 radical (unpaired) electrons. The van der Waals surface area contributed by atoms with Crippen LogP contribution in [-0.2, 0) is 28.6 Å². The fourth-order valence-electron chi connectivity index (χ4n) is 5.38. The Labute approximate surface area is 264 Å².